The van der Waals surface area contributed by atoms with E-state index in [0.29, 0.717) is 5.78 Å². The minimum absolute atomic E-state index is 0.227. The van der Waals surface area contributed by atoms with Crippen molar-refractivity contribution >= 4 is 11.7 Å². The van der Waals surface area contributed by atoms with Crippen LogP contribution < -0.4 is 11.5 Å². The third-order valence-electron chi connectivity index (χ3n) is 1.99. The van der Waals surface area contributed by atoms with Gasteiger partial charge in [-0.25, -0.2) is 0 Å². The van der Waals surface area contributed by atoms with Crippen molar-refractivity contribution in [3.05, 3.63) is 0 Å². The maximum Gasteiger partial charge on any atom is 0.183 e. The Balaban J connectivity index is 0. The minimum Gasteiger partial charge on any atom is -0.370 e. The number of Topliss-reactive ketones (excluding diaryl/α,β-unsaturated/α-hetero) is 1. The van der Waals surface area contributed by atoms with Gasteiger partial charge < -0.3 is 11.5 Å². The zero-order chi connectivity index (χ0) is 12.4. The van der Waals surface area contributed by atoms with Crippen molar-refractivity contribution in [2.24, 2.45) is 11.5 Å². The molecule has 90 valence electrons. The summed E-state index contributed by atoms with van der Waals surface area (Å²) in [4.78, 5) is 12.9. The van der Waals surface area contributed by atoms with Crippen LogP contribution in [-0.2, 0) is 4.79 Å². The standard InChI is InChI=1S/C7H13NO.C2H6.CH5N3/c1-6(9)7-4-3-5-8(7)2;1-2;2-1(3)4/h7H,3-5H2,1-2H3;1-2H3;(H5,2,3,4). The van der Waals surface area contributed by atoms with E-state index in [-0.39, 0.29) is 12.0 Å². The molecule has 0 saturated carbocycles. The first-order valence-electron chi connectivity index (χ1n) is 5.25. The van der Waals surface area contributed by atoms with Gasteiger partial charge in [0.15, 0.2) is 5.96 Å². The average molecular weight is 216 g/mol. The Morgan fingerprint density at radius 3 is 1.93 bits per heavy atom. The number of nitrogens with one attached hydrogen (secondary N) is 1. The van der Waals surface area contributed by atoms with Crippen LogP contribution >= 0.6 is 0 Å². The topological polar surface area (TPSA) is 96.2 Å². The molecule has 5 heteroatoms. The molecule has 1 aliphatic rings. The summed E-state index contributed by atoms with van der Waals surface area (Å²) in [6, 6.07) is 0.227. The van der Waals surface area contributed by atoms with E-state index in [0.717, 1.165) is 13.0 Å². The van der Waals surface area contributed by atoms with Crippen LogP contribution in [0, 0.1) is 5.41 Å². The lowest BCUT2D eigenvalue weighted by molar-refractivity contribution is -0.120. The lowest BCUT2D eigenvalue weighted by Gasteiger charge is -2.14. The predicted octanol–water partition coefficient (Wildman–Crippen LogP) is 0.534. The van der Waals surface area contributed by atoms with E-state index >= 15 is 0 Å². The Morgan fingerprint density at radius 2 is 1.80 bits per heavy atom. The summed E-state index contributed by atoms with van der Waals surface area (Å²) in [5.41, 5.74) is 8.94. The van der Waals surface area contributed by atoms with E-state index in [2.05, 4.69) is 16.4 Å². The fraction of sp³-hybridized carbons (Fsp3) is 0.800. The second kappa shape index (κ2) is 9.45. The molecule has 0 amide bonds. The minimum atomic E-state index is -0.333. The number of likely N-dealkylation sites (N-methyl/N-ethyl adjacent to an activating group) is 1. The first-order valence-corrected chi connectivity index (χ1v) is 5.25. The van der Waals surface area contributed by atoms with Gasteiger partial charge in [0.05, 0.1) is 6.04 Å². The zero-order valence-corrected chi connectivity index (χ0v) is 10.2. The molecular formula is C10H24N4O. The van der Waals surface area contributed by atoms with Crippen LogP contribution in [0.2, 0.25) is 0 Å². The summed E-state index contributed by atoms with van der Waals surface area (Å²) in [6.45, 7) is 6.76. The molecule has 0 aromatic rings. The smallest absolute Gasteiger partial charge is 0.183 e. The van der Waals surface area contributed by atoms with Gasteiger partial charge in [-0.05, 0) is 33.4 Å². The highest BCUT2D eigenvalue weighted by atomic mass is 16.1. The number of hydrogen-bond acceptors (Lipinski definition) is 3. The molecule has 0 aromatic carbocycles. The van der Waals surface area contributed by atoms with Gasteiger partial charge in [-0.1, -0.05) is 13.8 Å². The number of carbonyl (C=O) groups excluding carboxylic acids is 1. The number of nitrogens with two attached hydrogens (primary N) is 2. The van der Waals surface area contributed by atoms with E-state index in [9.17, 15) is 4.79 Å². The highest BCUT2D eigenvalue weighted by molar-refractivity contribution is 5.81. The summed E-state index contributed by atoms with van der Waals surface area (Å²) in [7, 11) is 2.01. The first-order chi connectivity index (χ1) is 6.95. The molecule has 1 unspecified atom stereocenters. The number of hydrogen-bond donors (Lipinski definition) is 3. The summed E-state index contributed by atoms with van der Waals surface area (Å²) >= 11 is 0. The molecule has 1 fully saturated rings. The molecule has 0 spiro atoms. The van der Waals surface area contributed by atoms with Crippen molar-refractivity contribution in [3.8, 4) is 0 Å². The van der Waals surface area contributed by atoms with Crippen LogP contribution in [-0.4, -0.2) is 36.3 Å². The van der Waals surface area contributed by atoms with Gasteiger partial charge in [0.25, 0.3) is 0 Å². The Morgan fingerprint density at radius 1 is 1.40 bits per heavy atom. The van der Waals surface area contributed by atoms with Crippen LogP contribution in [0.5, 0.6) is 0 Å². The largest absolute Gasteiger partial charge is 0.370 e. The predicted molar refractivity (Wildman–Crippen MR) is 63.8 cm³/mol. The third kappa shape index (κ3) is 9.21. The van der Waals surface area contributed by atoms with E-state index in [1.807, 2.05) is 20.9 Å². The number of ketones is 1. The molecule has 0 radical (unpaired) electrons. The number of nitrogens with zero attached hydrogens (tertiary/aromatic N) is 1. The number of rotatable bonds is 1. The number of carbonyl (C=O) groups is 1. The monoisotopic (exact) mass is 216 g/mol. The summed E-state index contributed by atoms with van der Waals surface area (Å²) in [5, 5.41) is 6.06. The maximum atomic E-state index is 10.8. The van der Waals surface area contributed by atoms with Crippen molar-refractivity contribution in [3.63, 3.8) is 0 Å². The maximum absolute atomic E-state index is 10.8. The molecule has 0 aromatic heterocycles. The molecule has 1 atom stereocenters. The van der Waals surface area contributed by atoms with Crippen LogP contribution in [0.1, 0.15) is 33.6 Å². The first kappa shape index (κ1) is 16.3. The Hall–Kier alpha value is -1.10. The highest BCUT2D eigenvalue weighted by Gasteiger charge is 2.23. The second-order valence-corrected chi connectivity index (χ2v) is 3.20. The molecule has 5 nitrogen and oxygen atoms in total. The fourth-order valence-electron chi connectivity index (χ4n) is 1.42. The summed E-state index contributed by atoms with van der Waals surface area (Å²) in [6.07, 6.45) is 2.24. The van der Waals surface area contributed by atoms with E-state index in [4.69, 9.17) is 5.41 Å². The van der Waals surface area contributed by atoms with Gasteiger partial charge in [0.1, 0.15) is 5.78 Å². The van der Waals surface area contributed by atoms with Gasteiger partial charge in [0, 0.05) is 0 Å². The van der Waals surface area contributed by atoms with Crippen LogP contribution in [0.15, 0.2) is 0 Å². The van der Waals surface area contributed by atoms with Gasteiger partial charge in [-0.2, -0.15) is 0 Å². The summed E-state index contributed by atoms with van der Waals surface area (Å²) < 4.78 is 0. The average Bonchev–Trinajstić information content (AvgIpc) is 2.54. The van der Waals surface area contributed by atoms with Gasteiger partial charge in [-0.15, -0.1) is 0 Å². The Labute approximate surface area is 92.3 Å². The molecule has 1 aliphatic heterocycles. The van der Waals surface area contributed by atoms with Crippen molar-refractivity contribution in [2.45, 2.75) is 39.7 Å². The van der Waals surface area contributed by atoms with Crippen LogP contribution in [0.25, 0.3) is 0 Å². The lowest BCUT2D eigenvalue weighted by atomic mass is 10.1. The molecule has 1 saturated heterocycles. The zero-order valence-electron chi connectivity index (χ0n) is 10.2. The van der Waals surface area contributed by atoms with Crippen LogP contribution in [0.3, 0.4) is 0 Å². The van der Waals surface area contributed by atoms with E-state index in [1.165, 1.54) is 6.42 Å². The van der Waals surface area contributed by atoms with Gasteiger partial charge in [-0.3, -0.25) is 15.1 Å². The Bertz CT molecular complexity index is 190. The normalized spacial score (nSPS) is 19.3. The molecule has 0 bridgehead atoms. The quantitative estimate of drug-likeness (QED) is 0.440. The summed E-state index contributed by atoms with van der Waals surface area (Å²) in [5.74, 6) is -0.0185. The Kier molecular flexibility index (Phi) is 10.3. The van der Waals surface area contributed by atoms with Crippen molar-refractivity contribution < 1.29 is 4.79 Å². The van der Waals surface area contributed by atoms with E-state index < -0.39 is 0 Å². The number of likely N-dealkylation sites (tertiary alicyclic amines) is 1. The molecule has 5 N–H and O–H groups in total. The van der Waals surface area contributed by atoms with Crippen molar-refractivity contribution in [1.82, 2.24) is 4.90 Å². The van der Waals surface area contributed by atoms with Gasteiger partial charge >= 0.3 is 0 Å². The third-order valence-corrected chi connectivity index (χ3v) is 1.99. The molecule has 0 aliphatic carbocycles. The molecular weight excluding hydrogens is 192 g/mol. The molecule has 1 rings (SSSR count). The number of guanidine groups is 1. The highest BCUT2D eigenvalue weighted by Crippen LogP contribution is 2.14. The molecule has 15 heavy (non-hydrogen) atoms. The van der Waals surface area contributed by atoms with Crippen LogP contribution in [0.4, 0.5) is 0 Å². The van der Waals surface area contributed by atoms with Crippen molar-refractivity contribution in [2.75, 3.05) is 13.6 Å². The fourth-order valence-corrected chi connectivity index (χ4v) is 1.42. The van der Waals surface area contributed by atoms with Gasteiger partial charge in [0.2, 0.25) is 0 Å². The van der Waals surface area contributed by atoms with Crippen molar-refractivity contribution in [1.29, 1.82) is 5.41 Å². The van der Waals surface area contributed by atoms with E-state index in [1.54, 1.807) is 6.92 Å². The second-order valence-electron chi connectivity index (χ2n) is 3.20. The molecule has 1 heterocycles. The SMILES string of the molecule is CC.CC(=O)C1CCCN1C.N=C(N)N. The lowest BCUT2D eigenvalue weighted by Crippen LogP contribution is -2.30.